The van der Waals surface area contributed by atoms with Gasteiger partial charge in [-0.15, -0.1) is 0 Å². The van der Waals surface area contributed by atoms with Crippen molar-refractivity contribution in [2.24, 2.45) is 0 Å². The third-order valence-electron chi connectivity index (χ3n) is 0.523. The van der Waals surface area contributed by atoms with Gasteiger partial charge in [-0.2, -0.15) is 0 Å². The van der Waals surface area contributed by atoms with Gasteiger partial charge in [0.1, 0.15) is 13.2 Å². The molecule has 1 saturated heterocycles. The molecule has 0 aromatic rings. The van der Waals surface area contributed by atoms with Crippen LogP contribution in [0.2, 0.25) is 0 Å². The molecule has 1 aliphatic rings. The van der Waals surface area contributed by atoms with Crippen LogP contribution in [0.1, 0.15) is 0 Å². The third-order valence-corrected chi connectivity index (χ3v) is 0.523. The molecule has 0 radical (unpaired) electrons. The maximum absolute atomic E-state index is 9.80. The maximum atomic E-state index is 9.80. The normalized spacial score (nSPS) is 15.4. The van der Waals surface area contributed by atoms with Crippen LogP contribution >= 0.6 is 0 Å². The van der Waals surface area contributed by atoms with Gasteiger partial charge in [-0.3, -0.25) is 0 Å². The fourth-order valence-electron chi connectivity index (χ4n) is 0.292. The van der Waals surface area contributed by atoms with Crippen molar-refractivity contribution in [3.8, 4) is 0 Å². The molecule has 1 heterocycles. The number of ether oxygens (including phenoxy) is 2. The van der Waals surface area contributed by atoms with Crippen molar-refractivity contribution >= 4 is 6.16 Å². The summed E-state index contributed by atoms with van der Waals surface area (Å²) in [7, 11) is 6.00. The molecule has 0 bridgehead atoms. The molecule has 1 fully saturated rings. The van der Waals surface area contributed by atoms with E-state index in [4.69, 9.17) is 0 Å². The van der Waals surface area contributed by atoms with E-state index in [0.717, 1.165) is 0 Å². The van der Waals surface area contributed by atoms with Crippen LogP contribution in [0, 0.1) is 0 Å². The summed E-state index contributed by atoms with van der Waals surface area (Å²) in [4.78, 5) is 11.8. The quantitative estimate of drug-likeness (QED) is 0.463. The molecule has 0 atom stereocenters. The fraction of sp³-hybridized carbons (Fsp3) is 0.833. The highest BCUT2D eigenvalue weighted by Crippen LogP contribution is 1.92. The van der Waals surface area contributed by atoms with E-state index in [-0.39, 0.29) is 0 Å². The molecular weight excluding hydrogens is 134 g/mol. The highest BCUT2D eigenvalue weighted by molar-refractivity contribution is 5.61. The number of hydrogen-bond donors (Lipinski definition) is 0. The highest BCUT2D eigenvalue weighted by atomic mass is 16.8. The Bertz CT molecular complexity index is 92.4. The molecule has 0 N–H and O–H groups in total. The second-order valence-electron chi connectivity index (χ2n) is 2.29. The Balaban J connectivity index is 0.000000180. The molecule has 10 heavy (non-hydrogen) atoms. The van der Waals surface area contributed by atoms with E-state index in [1.165, 1.54) is 0 Å². The topological polar surface area (TPSA) is 38.8 Å². The Morgan fingerprint density at radius 3 is 1.60 bits per heavy atom. The first-order valence-electron chi connectivity index (χ1n) is 3.03. The van der Waals surface area contributed by atoms with Crippen LogP contribution < -0.4 is 0 Å². The Labute approximate surface area is 60.7 Å². The molecule has 1 rings (SSSR count). The lowest BCUT2D eigenvalue weighted by molar-refractivity contribution is 0.131. The zero-order chi connectivity index (χ0) is 7.98. The lowest BCUT2D eigenvalue weighted by Crippen LogP contribution is -1.99. The number of carbonyl (C=O) groups is 1. The molecule has 0 unspecified atom stereocenters. The van der Waals surface area contributed by atoms with E-state index in [1.807, 2.05) is 26.0 Å². The second-order valence-corrected chi connectivity index (χ2v) is 2.29. The molecule has 0 spiro atoms. The largest absolute Gasteiger partial charge is 0.508 e. The second kappa shape index (κ2) is 5.05. The summed E-state index contributed by atoms with van der Waals surface area (Å²) in [6, 6.07) is 0. The Hall–Kier alpha value is -0.770. The zero-order valence-electron chi connectivity index (χ0n) is 6.59. The minimum atomic E-state index is -0.546. The zero-order valence-corrected chi connectivity index (χ0v) is 6.59. The van der Waals surface area contributed by atoms with E-state index in [9.17, 15) is 4.79 Å². The van der Waals surface area contributed by atoms with E-state index in [1.54, 1.807) is 0 Å². The molecular formula is C6H13NO3. The van der Waals surface area contributed by atoms with Crippen LogP contribution in [0.4, 0.5) is 4.79 Å². The van der Waals surface area contributed by atoms with Crippen LogP contribution in [0.3, 0.4) is 0 Å². The number of carbonyl (C=O) groups excluding carboxylic acids is 1. The van der Waals surface area contributed by atoms with Gasteiger partial charge in [0.15, 0.2) is 0 Å². The van der Waals surface area contributed by atoms with Crippen molar-refractivity contribution in [2.75, 3.05) is 34.4 Å². The maximum Gasteiger partial charge on any atom is 0.508 e. The van der Waals surface area contributed by atoms with E-state index < -0.39 is 6.16 Å². The van der Waals surface area contributed by atoms with Crippen LogP contribution in [0.5, 0.6) is 0 Å². The summed E-state index contributed by atoms with van der Waals surface area (Å²) in [5.41, 5.74) is 0. The highest BCUT2D eigenvalue weighted by Gasteiger charge is 2.09. The Morgan fingerprint density at radius 1 is 1.20 bits per heavy atom. The minimum Gasteiger partial charge on any atom is -0.431 e. The number of cyclic esters (lactones) is 2. The van der Waals surface area contributed by atoms with Crippen molar-refractivity contribution in [2.45, 2.75) is 0 Å². The number of hydrogen-bond acceptors (Lipinski definition) is 4. The first kappa shape index (κ1) is 9.23. The summed E-state index contributed by atoms with van der Waals surface area (Å²) in [5.74, 6) is 0. The summed E-state index contributed by atoms with van der Waals surface area (Å²) in [6.07, 6.45) is -0.546. The summed E-state index contributed by atoms with van der Waals surface area (Å²) < 4.78 is 8.58. The molecule has 1 aliphatic heterocycles. The van der Waals surface area contributed by atoms with E-state index >= 15 is 0 Å². The Kier molecular flexibility index (Phi) is 4.66. The van der Waals surface area contributed by atoms with Crippen molar-refractivity contribution in [1.82, 2.24) is 4.90 Å². The average Bonchev–Trinajstić information content (AvgIpc) is 2.15. The van der Waals surface area contributed by atoms with Crippen LogP contribution in [0.25, 0.3) is 0 Å². The van der Waals surface area contributed by atoms with Gasteiger partial charge in [0.2, 0.25) is 0 Å². The molecule has 0 aliphatic carbocycles. The Morgan fingerprint density at radius 2 is 1.50 bits per heavy atom. The molecule has 0 aromatic heterocycles. The van der Waals surface area contributed by atoms with E-state index in [0.29, 0.717) is 13.2 Å². The van der Waals surface area contributed by atoms with Crippen molar-refractivity contribution < 1.29 is 14.3 Å². The summed E-state index contributed by atoms with van der Waals surface area (Å²) in [6.45, 7) is 0.831. The van der Waals surface area contributed by atoms with Crippen LogP contribution in [-0.4, -0.2) is 45.4 Å². The summed E-state index contributed by atoms with van der Waals surface area (Å²) >= 11 is 0. The lowest BCUT2D eigenvalue weighted by atomic mass is 10.8. The molecule has 0 saturated carbocycles. The van der Waals surface area contributed by atoms with Crippen molar-refractivity contribution in [1.29, 1.82) is 0 Å². The molecule has 4 heteroatoms. The molecule has 0 aromatic carbocycles. The van der Waals surface area contributed by atoms with Crippen LogP contribution in [-0.2, 0) is 9.47 Å². The van der Waals surface area contributed by atoms with Gasteiger partial charge in [0, 0.05) is 0 Å². The minimum absolute atomic E-state index is 0.416. The summed E-state index contributed by atoms with van der Waals surface area (Å²) in [5, 5.41) is 0. The van der Waals surface area contributed by atoms with Crippen LogP contribution in [0.15, 0.2) is 0 Å². The first-order valence-corrected chi connectivity index (χ1v) is 3.03. The van der Waals surface area contributed by atoms with Gasteiger partial charge < -0.3 is 14.4 Å². The molecule has 0 amide bonds. The molecule has 60 valence electrons. The van der Waals surface area contributed by atoms with Gasteiger partial charge in [-0.05, 0) is 21.1 Å². The van der Waals surface area contributed by atoms with Crippen molar-refractivity contribution in [3.05, 3.63) is 0 Å². The molecule has 4 nitrogen and oxygen atoms in total. The monoisotopic (exact) mass is 147 g/mol. The number of rotatable bonds is 0. The van der Waals surface area contributed by atoms with Gasteiger partial charge in [0.05, 0.1) is 0 Å². The average molecular weight is 147 g/mol. The third kappa shape index (κ3) is 7.23. The van der Waals surface area contributed by atoms with Gasteiger partial charge in [-0.1, -0.05) is 0 Å². The standard InChI is InChI=1S/C3H9N.C3H4O3/c1-4(2)3;4-3-5-1-2-6-3/h1-3H3;1-2H2. The van der Waals surface area contributed by atoms with Crippen molar-refractivity contribution in [3.63, 3.8) is 0 Å². The predicted octanol–water partition coefficient (Wildman–Crippen LogP) is 0.331. The number of nitrogens with zero attached hydrogens (tertiary/aromatic N) is 1. The SMILES string of the molecule is CN(C)C.O=C1OCCO1. The van der Waals surface area contributed by atoms with Gasteiger partial charge in [0.25, 0.3) is 0 Å². The lowest BCUT2D eigenvalue weighted by Gasteiger charge is -1.90. The van der Waals surface area contributed by atoms with Gasteiger partial charge >= 0.3 is 6.16 Å². The van der Waals surface area contributed by atoms with E-state index in [2.05, 4.69) is 9.47 Å². The predicted molar refractivity (Wildman–Crippen MR) is 36.9 cm³/mol. The van der Waals surface area contributed by atoms with Gasteiger partial charge in [-0.25, -0.2) is 4.79 Å². The first-order chi connectivity index (χ1) is 4.63. The smallest absolute Gasteiger partial charge is 0.431 e. The fourth-order valence-corrected chi connectivity index (χ4v) is 0.292.